The monoisotopic (exact) mass is 259 g/mol. The van der Waals surface area contributed by atoms with E-state index in [1.165, 1.54) is 20.0 Å². The molecule has 2 aromatic rings. The van der Waals surface area contributed by atoms with Crippen LogP contribution in [0, 0.1) is 12.8 Å². The molecule has 2 heterocycles. The molecule has 0 amide bonds. The molecule has 0 saturated heterocycles. The van der Waals surface area contributed by atoms with E-state index in [1.54, 1.807) is 0 Å². The fourth-order valence-corrected chi connectivity index (χ4v) is 2.22. The van der Waals surface area contributed by atoms with Gasteiger partial charge < -0.3 is 13.9 Å². The van der Waals surface area contributed by atoms with Gasteiger partial charge in [-0.1, -0.05) is 0 Å². The molecule has 0 N–H and O–H groups in total. The minimum Gasteiger partial charge on any atom is -0.492 e. The van der Waals surface area contributed by atoms with E-state index >= 15 is 0 Å². The standard InChI is InChI=1S/C15H17NO3/c1-10-7-12-5-6-13(19-9-11-3-4-11)8-16(12)14(10)15(17)18-2/h5-8,11H,3-4,9H2,1-2H3. The van der Waals surface area contributed by atoms with Gasteiger partial charge in [-0.2, -0.15) is 0 Å². The molecular weight excluding hydrogens is 242 g/mol. The molecule has 2 aromatic heterocycles. The number of hydrogen-bond acceptors (Lipinski definition) is 3. The summed E-state index contributed by atoms with van der Waals surface area (Å²) in [6.07, 6.45) is 4.38. The predicted octanol–water partition coefficient (Wildman–Crippen LogP) is 2.82. The van der Waals surface area contributed by atoms with E-state index in [-0.39, 0.29) is 5.97 Å². The highest BCUT2D eigenvalue weighted by Crippen LogP contribution is 2.30. The van der Waals surface area contributed by atoms with Gasteiger partial charge in [-0.25, -0.2) is 4.79 Å². The van der Waals surface area contributed by atoms with Crippen LogP contribution >= 0.6 is 0 Å². The summed E-state index contributed by atoms with van der Waals surface area (Å²) in [4.78, 5) is 11.8. The fourth-order valence-electron chi connectivity index (χ4n) is 2.22. The predicted molar refractivity (Wildman–Crippen MR) is 71.7 cm³/mol. The molecule has 1 saturated carbocycles. The van der Waals surface area contributed by atoms with E-state index in [9.17, 15) is 4.79 Å². The Bertz CT molecular complexity index is 626. The number of pyridine rings is 1. The molecule has 100 valence electrons. The summed E-state index contributed by atoms with van der Waals surface area (Å²) < 4.78 is 12.4. The van der Waals surface area contributed by atoms with Crippen molar-refractivity contribution in [1.29, 1.82) is 0 Å². The highest BCUT2D eigenvalue weighted by Gasteiger charge is 2.22. The molecule has 0 bridgehead atoms. The smallest absolute Gasteiger partial charge is 0.355 e. The summed E-state index contributed by atoms with van der Waals surface area (Å²) >= 11 is 0. The molecule has 0 radical (unpaired) electrons. The lowest BCUT2D eigenvalue weighted by molar-refractivity contribution is 0.0592. The third-order valence-electron chi connectivity index (χ3n) is 3.49. The van der Waals surface area contributed by atoms with Crippen LogP contribution in [0.2, 0.25) is 0 Å². The number of aryl methyl sites for hydroxylation is 1. The Morgan fingerprint density at radius 2 is 2.21 bits per heavy atom. The molecule has 1 aliphatic carbocycles. The highest BCUT2D eigenvalue weighted by atomic mass is 16.5. The second-order valence-corrected chi connectivity index (χ2v) is 5.08. The fraction of sp³-hybridized carbons (Fsp3) is 0.400. The van der Waals surface area contributed by atoms with E-state index in [0.29, 0.717) is 11.6 Å². The van der Waals surface area contributed by atoms with Gasteiger partial charge in [0.25, 0.3) is 0 Å². The average molecular weight is 259 g/mol. The summed E-state index contributed by atoms with van der Waals surface area (Å²) in [6.45, 7) is 2.67. The number of fused-ring (bicyclic) bond motifs is 1. The van der Waals surface area contributed by atoms with Crippen LogP contribution in [0.5, 0.6) is 5.75 Å². The van der Waals surface area contributed by atoms with Crippen LogP contribution in [0.25, 0.3) is 5.52 Å². The van der Waals surface area contributed by atoms with Crippen molar-refractivity contribution >= 4 is 11.5 Å². The maximum Gasteiger partial charge on any atom is 0.355 e. The van der Waals surface area contributed by atoms with Crippen LogP contribution in [-0.4, -0.2) is 24.1 Å². The van der Waals surface area contributed by atoms with Gasteiger partial charge in [-0.15, -0.1) is 0 Å². The molecular formula is C15H17NO3. The minimum atomic E-state index is -0.322. The first kappa shape index (κ1) is 12.1. The first-order valence-electron chi connectivity index (χ1n) is 6.52. The van der Waals surface area contributed by atoms with Crippen molar-refractivity contribution in [3.05, 3.63) is 35.7 Å². The molecule has 19 heavy (non-hydrogen) atoms. The largest absolute Gasteiger partial charge is 0.492 e. The lowest BCUT2D eigenvalue weighted by Crippen LogP contribution is -2.07. The quantitative estimate of drug-likeness (QED) is 0.793. The number of rotatable bonds is 4. The van der Waals surface area contributed by atoms with Crippen molar-refractivity contribution < 1.29 is 14.3 Å². The number of nitrogens with zero attached hydrogens (tertiary/aromatic N) is 1. The Hall–Kier alpha value is -1.97. The highest BCUT2D eigenvalue weighted by molar-refractivity contribution is 5.91. The maximum atomic E-state index is 11.8. The van der Waals surface area contributed by atoms with E-state index in [2.05, 4.69) is 0 Å². The minimum absolute atomic E-state index is 0.322. The molecule has 1 fully saturated rings. The van der Waals surface area contributed by atoms with Gasteiger partial charge in [0.2, 0.25) is 0 Å². The topological polar surface area (TPSA) is 39.9 Å². The first-order valence-corrected chi connectivity index (χ1v) is 6.52. The van der Waals surface area contributed by atoms with Crippen LogP contribution in [0.4, 0.5) is 0 Å². The Morgan fingerprint density at radius 1 is 1.42 bits per heavy atom. The van der Waals surface area contributed by atoms with Gasteiger partial charge in [0.1, 0.15) is 11.4 Å². The lowest BCUT2D eigenvalue weighted by Gasteiger charge is -2.07. The second-order valence-electron chi connectivity index (χ2n) is 5.08. The third-order valence-corrected chi connectivity index (χ3v) is 3.49. The number of carbonyl (C=O) groups excluding carboxylic acids is 1. The van der Waals surface area contributed by atoms with Gasteiger partial charge in [-0.05, 0) is 49.4 Å². The van der Waals surface area contributed by atoms with Crippen molar-refractivity contribution in [1.82, 2.24) is 4.40 Å². The summed E-state index contributed by atoms with van der Waals surface area (Å²) in [5.41, 5.74) is 2.44. The Balaban J connectivity index is 1.96. The number of methoxy groups -OCH3 is 1. The van der Waals surface area contributed by atoms with Gasteiger partial charge >= 0.3 is 5.97 Å². The molecule has 3 rings (SSSR count). The molecule has 0 spiro atoms. The van der Waals surface area contributed by atoms with Crippen molar-refractivity contribution in [3.8, 4) is 5.75 Å². The summed E-state index contributed by atoms with van der Waals surface area (Å²) in [5, 5.41) is 0. The summed E-state index contributed by atoms with van der Waals surface area (Å²) in [6, 6.07) is 5.87. The Labute approximate surface area is 111 Å². The number of hydrogen-bond donors (Lipinski definition) is 0. The van der Waals surface area contributed by atoms with Crippen LogP contribution in [0.15, 0.2) is 24.4 Å². The van der Waals surface area contributed by atoms with Crippen molar-refractivity contribution in [2.24, 2.45) is 5.92 Å². The van der Waals surface area contributed by atoms with Gasteiger partial charge in [-0.3, -0.25) is 0 Å². The Morgan fingerprint density at radius 3 is 2.89 bits per heavy atom. The summed E-state index contributed by atoms with van der Waals surface area (Å²) in [7, 11) is 1.40. The zero-order valence-electron chi connectivity index (χ0n) is 11.2. The van der Waals surface area contributed by atoms with E-state index in [1.807, 2.05) is 35.7 Å². The van der Waals surface area contributed by atoms with Crippen LogP contribution in [0.3, 0.4) is 0 Å². The number of aromatic nitrogens is 1. The molecule has 1 aliphatic rings. The van der Waals surface area contributed by atoms with Gasteiger partial charge in [0.05, 0.1) is 19.9 Å². The van der Waals surface area contributed by atoms with Crippen LogP contribution in [-0.2, 0) is 4.74 Å². The Kier molecular flexibility index (Phi) is 2.93. The number of ether oxygens (including phenoxy) is 2. The van der Waals surface area contributed by atoms with Crippen molar-refractivity contribution in [3.63, 3.8) is 0 Å². The van der Waals surface area contributed by atoms with Gasteiger partial charge in [0, 0.05) is 5.52 Å². The average Bonchev–Trinajstić information content (AvgIpc) is 3.17. The molecule has 0 aliphatic heterocycles. The first-order chi connectivity index (χ1) is 9.19. The number of carbonyl (C=O) groups is 1. The van der Waals surface area contributed by atoms with Crippen molar-refractivity contribution in [2.45, 2.75) is 19.8 Å². The zero-order valence-corrected chi connectivity index (χ0v) is 11.2. The molecule has 0 aromatic carbocycles. The second kappa shape index (κ2) is 4.61. The molecule has 0 atom stereocenters. The van der Waals surface area contributed by atoms with Crippen LogP contribution < -0.4 is 4.74 Å². The van der Waals surface area contributed by atoms with E-state index in [4.69, 9.17) is 9.47 Å². The molecule has 4 nitrogen and oxygen atoms in total. The normalized spacial score (nSPS) is 14.6. The zero-order chi connectivity index (χ0) is 13.4. The lowest BCUT2D eigenvalue weighted by atomic mass is 10.3. The summed E-state index contributed by atoms with van der Waals surface area (Å²) in [5.74, 6) is 1.18. The van der Waals surface area contributed by atoms with E-state index < -0.39 is 0 Å². The molecule has 4 heteroatoms. The molecule has 0 unspecified atom stereocenters. The van der Waals surface area contributed by atoms with E-state index in [0.717, 1.165) is 23.4 Å². The number of esters is 1. The maximum absolute atomic E-state index is 11.8. The SMILES string of the molecule is COC(=O)c1c(C)cc2ccc(OCC3CC3)cn12. The van der Waals surface area contributed by atoms with Crippen LogP contribution in [0.1, 0.15) is 28.9 Å². The third kappa shape index (κ3) is 2.30. The van der Waals surface area contributed by atoms with Crippen molar-refractivity contribution in [2.75, 3.05) is 13.7 Å². The van der Waals surface area contributed by atoms with Gasteiger partial charge in [0.15, 0.2) is 0 Å².